The summed E-state index contributed by atoms with van der Waals surface area (Å²) in [5.74, 6) is 0.373. The summed E-state index contributed by atoms with van der Waals surface area (Å²) < 4.78 is 0. The van der Waals surface area contributed by atoms with Gasteiger partial charge in [0.2, 0.25) is 0 Å². The molecule has 1 aromatic rings. The van der Waals surface area contributed by atoms with Gasteiger partial charge in [-0.3, -0.25) is 0 Å². The van der Waals surface area contributed by atoms with E-state index in [9.17, 15) is 4.79 Å². The number of hydrogen-bond acceptors (Lipinski definition) is 4. The van der Waals surface area contributed by atoms with E-state index in [-0.39, 0.29) is 18.7 Å². The summed E-state index contributed by atoms with van der Waals surface area (Å²) in [5.41, 5.74) is 1.15. The van der Waals surface area contributed by atoms with E-state index in [0.717, 1.165) is 50.9 Å². The van der Waals surface area contributed by atoms with Crippen molar-refractivity contribution in [2.45, 2.75) is 57.9 Å². The van der Waals surface area contributed by atoms with Crippen LogP contribution in [-0.2, 0) is 6.42 Å². The van der Waals surface area contributed by atoms with Gasteiger partial charge >= 0.3 is 6.03 Å². The number of amides is 2. The molecule has 2 amide bonds. The van der Waals surface area contributed by atoms with Gasteiger partial charge in [0.15, 0.2) is 0 Å². The fourth-order valence-corrected chi connectivity index (χ4v) is 3.84. The van der Waals surface area contributed by atoms with Crippen molar-refractivity contribution in [3.8, 4) is 0 Å². The molecule has 6 heteroatoms. The summed E-state index contributed by atoms with van der Waals surface area (Å²) in [6, 6.07) is 0.119. The summed E-state index contributed by atoms with van der Waals surface area (Å²) in [7, 11) is 0. The Labute approximate surface area is 136 Å². The van der Waals surface area contributed by atoms with Crippen molar-refractivity contribution >= 4 is 17.4 Å². The van der Waals surface area contributed by atoms with Crippen LogP contribution in [0.1, 0.15) is 56.2 Å². The average Bonchev–Trinajstić information content (AvgIpc) is 3.02. The van der Waals surface area contributed by atoms with Crippen molar-refractivity contribution in [1.29, 1.82) is 0 Å². The Morgan fingerprint density at radius 2 is 2.45 bits per heavy atom. The Balaban J connectivity index is 1.88. The summed E-state index contributed by atoms with van der Waals surface area (Å²) in [6.45, 7) is 5.86. The highest BCUT2D eigenvalue weighted by Crippen LogP contribution is 2.29. The second-order valence-corrected chi connectivity index (χ2v) is 6.92. The number of aliphatic hydroxyl groups is 1. The third kappa shape index (κ3) is 4.68. The summed E-state index contributed by atoms with van der Waals surface area (Å²) >= 11 is 1.72. The number of hydrogen-bond donors (Lipinski definition) is 2. The molecule has 0 spiro atoms. The number of rotatable bonds is 6. The largest absolute Gasteiger partial charge is 0.396 e. The Hall–Kier alpha value is -1.14. The lowest BCUT2D eigenvalue weighted by Gasteiger charge is -2.32. The van der Waals surface area contributed by atoms with Crippen LogP contribution in [0.5, 0.6) is 0 Å². The molecule has 124 valence electrons. The fraction of sp³-hybridized carbons (Fsp3) is 0.750. The van der Waals surface area contributed by atoms with Crippen LogP contribution in [0.4, 0.5) is 4.79 Å². The second kappa shape index (κ2) is 8.48. The van der Waals surface area contributed by atoms with Crippen LogP contribution in [0, 0.1) is 0 Å². The van der Waals surface area contributed by atoms with Gasteiger partial charge in [-0.05, 0) is 39.0 Å². The molecule has 0 aliphatic carbocycles. The van der Waals surface area contributed by atoms with E-state index in [0.29, 0.717) is 5.92 Å². The molecular weight excluding hydrogens is 298 g/mol. The predicted octanol–water partition coefficient (Wildman–Crippen LogP) is 2.76. The number of aliphatic hydroxyl groups excluding tert-OH is 1. The van der Waals surface area contributed by atoms with Crippen molar-refractivity contribution in [3.63, 3.8) is 0 Å². The van der Waals surface area contributed by atoms with Crippen LogP contribution in [0.15, 0.2) is 5.38 Å². The zero-order valence-corrected chi connectivity index (χ0v) is 14.4. The molecule has 0 aromatic carbocycles. The Morgan fingerprint density at radius 1 is 1.64 bits per heavy atom. The smallest absolute Gasteiger partial charge is 0.317 e. The van der Waals surface area contributed by atoms with Gasteiger partial charge in [-0.15, -0.1) is 11.3 Å². The number of carbonyl (C=O) groups excluding carboxylic acids is 1. The molecule has 1 aliphatic rings. The van der Waals surface area contributed by atoms with Crippen LogP contribution in [0.25, 0.3) is 0 Å². The number of aromatic nitrogens is 1. The van der Waals surface area contributed by atoms with Crippen molar-refractivity contribution in [3.05, 3.63) is 16.1 Å². The van der Waals surface area contributed by atoms with E-state index < -0.39 is 0 Å². The molecule has 2 heterocycles. The number of piperidine rings is 1. The molecule has 2 rings (SSSR count). The Morgan fingerprint density at radius 3 is 3.14 bits per heavy atom. The molecular formula is C16H27N3O2S. The number of urea groups is 1. The van der Waals surface area contributed by atoms with Gasteiger partial charge in [0.25, 0.3) is 0 Å². The first-order valence-electron chi connectivity index (χ1n) is 8.24. The maximum absolute atomic E-state index is 12.3. The van der Waals surface area contributed by atoms with Crippen molar-refractivity contribution in [2.24, 2.45) is 0 Å². The lowest BCUT2D eigenvalue weighted by molar-refractivity contribution is 0.175. The van der Waals surface area contributed by atoms with E-state index in [1.54, 1.807) is 11.3 Å². The SMILES string of the molecule is CCc1csc(C2CCCN(C(=O)NC(C)CCCO)C2)n1. The van der Waals surface area contributed by atoms with Crippen LogP contribution in [0.2, 0.25) is 0 Å². The van der Waals surface area contributed by atoms with Crippen LogP contribution in [0.3, 0.4) is 0 Å². The topological polar surface area (TPSA) is 65.5 Å². The predicted molar refractivity (Wildman–Crippen MR) is 89.4 cm³/mol. The van der Waals surface area contributed by atoms with Crippen LogP contribution < -0.4 is 5.32 Å². The highest BCUT2D eigenvalue weighted by Gasteiger charge is 2.27. The molecule has 5 nitrogen and oxygen atoms in total. The first-order valence-corrected chi connectivity index (χ1v) is 9.12. The van der Waals surface area contributed by atoms with E-state index in [4.69, 9.17) is 5.11 Å². The molecule has 2 atom stereocenters. The lowest BCUT2D eigenvalue weighted by atomic mass is 9.99. The van der Waals surface area contributed by atoms with E-state index in [2.05, 4.69) is 22.6 Å². The van der Waals surface area contributed by atoms with Gasteiger partial charge in [0, 0.05) is 37.0 Å². The summed E-state index contributed by atoms with van der Waals surface area (Å²) in [4.78, 5) is 18.9. The van der Waals surface area contributed by atoms with Gasteiger partial charge in [0.05, 0.1) is 10.7 Å². The molecule has 2 unspecified atom stereocenters. The molecule has 1 aliphatic heterocycles. The maximum Gasteiger partial charge on any atom is 0.317 e. The fourth-order valence-electron chi connectivity index (χ4n) is 2.81. The van der Waals surface area contributed by atoms with Gasteiger partial charge in [0.1, 0.15) is 0 Å². The van der Waals surface area contributed by atoms with E-state index in [1.165, 1.54) is 5.01 Å². The minimum atomic E-state index is 0.0161. The minimum Gasteiger partial charge on any atom is -0.396 e. The van der Waals surface area contributed by atoms with Crippen LogP contribution in [-0.4, -0.2) is 46.8 Å². The molecule has 22 heavy (non-hydrogen) atoms. The standard InChI is InChI=1S/C16H27N3O2S/c1-3-14-11-22-15(18-14)13-7-4-8-19(10-13)16(21)17-12(2)6-5-9-20/h11-13,20H,3-10H2,1-2H3,(H,17,21). The molecule has 2 N–H and O–H groups in total. The monoisotopic (exact) mass is 325 g/mol. The van der Waals surface area contributed by atoms with E-state index in [1.807, 2.05) is 11.8 Å². The molecule has 0 saturated carbocycles. The summed E-state index contributed by atoms with van der Waals surface area (Å²) in [6.07, 6.45) is 4.65. The number of nitrogens with zero attached hydrogens (tertiary/aromatic N) is 2. The molecule has 0 radical (unpaired) electrons. The van der Waals surface area contributed by atoms with Crippen LogP contribution >= 0.6 is 11.3 Å². The maximum atomic E-state index is 12.3. The highest BCUT2D eigenvalue weighted by molar-refractivity contribution is 7.09. The Bertz CT molecular complexity index is 478. The highest BCUT2D eigenvalue weighted by atomic mass is 32.1. The zero-order valence-electron chi connectivity index (χ0n) is 13.5. The number of nitrogens with one attached hydrogen (secondary N) is 1. The first kappa shape index (κ1) is 17.2. The third-order valence-corrected chi connectivity index (χ3v) is 5.21. The lowest BCUT2D eigenvalue weighted by Crippen LogP contribution is -2.47. The quantitative estimate of drug-likeness (QED) is 0.845. The van der Waals surface area contributed by atoms with Gasteiger partial charge in [-0.25, -0.2) is 9.78 Å². The van der Waals surface area contributed by atoms with Gasteiger partial charge in [-0.2, -0.15) is 0 Å². The Kier molecular flexibility index (Phi) is 6.64. The third-order valence-electron chi connectivity index (χ3n) is 4.15. The molecule has 0 bridgehead atoms. The van der Waals surface area contributed by atoms with Crippen molar-refractivity contribution in [2.75, 3.05) is 19.7 Å². The molecule has 1 fully saturated rings. The zero-order chi connectivity index (χ0) is 15.9. The van der Waals surface area contributed by atoms with Crippen molar-refractivity contribution in [1.82, 2.24) is 15.2 Å². The number of aryl methyl sites for hydroxylation is 1. The normalized spacial score (nSPS) is 20.0. The van der Waals surface area contributed by atoms with Gasteiger partial charge in [-0.1, -0.05) is 6.92 Å². The van der Waals surface area contributed by atoms with Crippen molar-refractivity contribution < 1.29 is 9.90 Å². The molecule has 1 saturated heterocycles. The molecule has 1 aromatic heterocycles. The van der Waals surface area contributed by atoms with E-state index >= 15 is 0 Å². The first-order chi connectivity index (χ1) is 10.6. The second-order valence-electron chi connectivity index (χ2n) is 6.03. The number of likely N-dealkylation sites (tertiary alicyclic amines) is 1. The number of carbonyl (C=O) groups is 1. The van der Waals surface area contributed by atoms with Gasteiger partial charge < -0.3 is 15.3 Å². The average molecular weight is 325 g/mol. The summed E-state index contributed by atoms with van der Waals surface area (Å²) in [5, 5.41) is 15.2. The minimum absolute atomic E-state index is 0.0161. The number of thiazole rings is 1.